The molecule has 0 unspecified atom stereocenters. The Labute approximate surface area is 209 Å². The number of hydrogen-bond donors (Lipinski definition) is 1. The third-order valence-corrected chi connectivity index (χ3v) is 7.48. The Morgan fingerprint density at radius 3 is 2.49 bits per heavy atom. The van der Waals surface area contributed by atoms with Crippen molar-refractivity contribution in [1.82, 2.24) is 15.1 Å². The van der Waals surface area contributed by atoms with Gasteiger partial charge in [-0.05, 0) is 62.4 Å². The van der Waals surface area contributed by atoms with E-state index in [0.29, 0.717) is 12.2 Å². The number of carbonyl (C=O) groups is 2. The molecule has 0 aliphatic carbocycles. The van der Waals surface area contributed by atoms with Crippen LogP contribution in [0.4, 0.5) is 5.69 Å². The normalized spacial score (nSPS) is 17.4. The van der Waals surface area contributed by atoms with Crippen molar-refractivity contribution in [2.24, 2.45) is 0 Å². The Hall–Kier alpha value is -3.71. The van der Waals surface area contributed by atoms with E-state index in [-0.39, 0.29) is 18.4 Å². The summed E-state index contributed by atoms with van der Waals surface area (Å²) in [6.07, 6.45) is 0. The molecule has 0 saturated heterocycles. The van der Waals surface area contributed by atoms with Crippen LogP contribution < -0.4 is 10.2 Å². The van der Waals surface area contributed by atoms with Gasteiger partial charge in [0.25, 0.3) is 5.91 Å². The van der Waals surface area contributed by atoms with Gasteiger partial charge in [-0.1, -0.05) is 53.6 Å². The van der Waals surface area contributed by atoms with Crippen LogP contribution in [0.2, 0.25) is 0 Å². The van der Waals surface area contributed by atoms with Crippen molar-refractivity contribution in [1.29, 1.82) is 0 Å². The zero-order valence-corrected chi connectivity index (χ0v) is 21.1. The molecule has 35 heavy (non-hydrogen) atoms. The summed E-state index contributed by atoms with van der Waals surface area (Å²) in [6.45, 7) is 8.49. The van der Waals surface area contributed by atoms with Crippen molar-refractivity contribution in [3.05, 3.63) is 94.0 Å². The maximum atomic E-state index is 14.0. The second-order valence-corrected chi connectivity index (χ2v) is 10.4. The van der Waals surface area contributed by atoms with Crippen LogP contribution in [0.3, 0.4) is 0 Å². The molecule has 1 atom stereocenters. The van der Waals surface area contributed by atoms with E-state index in [1.165, 1.54) is 5.56 Å². The molecule has 1 aliphatic rings. The van der Waals surface area contributed by atoms with Crippen LogP contribution in [0.1, 0.15) is 39.7 Å². The molecule has 2 aromatic heterocycles. The lowest BCUT2D eigenvalue weighted by Gasteiger charge is -2.43. The van der Waals surface area contributed by atoms with E-state index in [4.69, 9.17) is 5.10 Å². The molecular formula is C28H28N4O2S. The molecule has 7 heteroatoms. The van der Waals surface area contributed by atoms with E-state index >= 15 is 0 Å². The van der Waals surface area contributed by atoms with Crippen molar-refractivity contribution < 1.29 is 9.59 Å². The van der Waals surface area contributed by atoms with Gasteiger partial charge in [0.2, 0.25) is 5.91 Å². The number of benzene rings is 2. The summed E-state index contributed by atoms with van der Waals surface area (Å²) in [5.74, 6) is -0.447. The maximum Gasteiger partial charge on any atom is 0.277 e. The van der Waals surface area contributed by atoms with Crippen LogP contribution in [0.15, 0.2) is 66.0 Å². The van der Waals surface area contributed by atoms with Gasteiger partial charge < -0.3 is 5.32 Å². The average Bonchev–Trinajstić information content (AvgIpc) is 3.50. The lowest BCUT2D eigenvalue weighted by Crippen LogP contribution is -2.64. The number of carbonyl (C=O) groups excluding carboxylic acids is 2. The average molecular weight is 485 g/mol. The lowest BCUT2D eigenvalue weighted by molar-refractivity contribution is -0.126. The molecule has 0 radical (unpaired) electrons. The largest absolute Gasteiger partial charge is 0.350 e. The first-order valence-corrected chi connectivity index (χ1v) is 12.5. The number of anilines is 1. The zero-order valence-electron chi connectivity index (χ0n) is 20.3. The number of rotatable bonds is 5. The molecule has 0 fully saturated rings. The fraction of sp³-hybridized carbons (Fsp3) is 0.250. The Bertz CT molecular complexity index is 1410. The quantitative estimate of drug-likeness (QED) is 0.420. The standard InChI is InChI=1S/C28H28N4O2S/c1-18-7-10-21(11-8-18)16-29-27(34)28(4)17-31-24(15-22(30-31)25-6-5-13-35-25)26(33)32(28)23-12-9-19(2)14-20(23)3/h5-15H,16-17H2,1-4H3,(H,29,34)/t28-/m0/s1. The minimum absolute atomic E-state index is 0.217. The molecule has 0 saturated carbocycles. The van der Waals surface area contributed by atoms with Gasteiger partial charge in [-0.15, -0.1) is 11.3 Å². The van der Waals surface area contributed by atoms with Crippen LogP contribution in [-0.2, 0) is 17.9 Å². The zero-order chi connectivity index (χ0) is 24.7. The minimum atomic E-state index is -1.16. The molecule has 1 aliphatic heterocycles. The van der Waals surface area contributed by atoms with Gasteiger partial charge in [0.15, 0.2) is 0 Å². The number of nitrogens with zero attached hydrogens (tertiary/aromatic N) is 3. The summed E-state index contributed by atoms with van der Waals surface area (Å²) >= 11 is 1.57. The van der Waals surface area contributed by atoms with Crippen molar-refractivity contribution >= 4 is 28.8 Å². The van der Waals surface area contributed by atoms with Gasteiger partial charge >= 0.3 is 0 Å². The van der Waals surface area contributed by atoms with E-state index in [2.05, 4.69) is 5.32 Å². The summed E-state index contributed by atoms with van der Waals surface area (Å²) in [4.78, 5) is 30.4. The Morgan fingerprint density at radius 1 is 1.06 bits per heavy atom. The van der Waals surface area contributed by atoms with Crippen molar-refractivity contribution in [2.45, 2.75) is 46.3 Å². The summed E-state index contributed by atoms with van der Waals surface area (Å²) in [5.41, 5.74) is 5.03. The monoisotopic (exact) mass is 484 g/mol. The highest BCUT2D eigenvalue weighted by molar-refractivity contribution is 7.13. The van der Waals surface area contributed by atoms with Gasteiger partial charge in [-0.3, -0.25) is 19.2 Å². The first kappa shape index (κ1) is 23.1. The first-order valence-electron chi connectivity index (χ1n) is 11.6. The summed E-state index contributed by atoms with van der Waals surface area (Å²) in [5, 5.41) is 9.77. The number of aryl methyl sites for hydroxylation is 3. The number of fused-ring (bicyclic) bond motifs is 1. The molecule has 4 aromatic rings. The van der Waals surface area contributed by atoms with Crippen molar-refractivity contribution in [3.63, 3.8) is 0 Å². The predicted molar refractivity (Wildman–Crippen MR) is 140 cm³/mol. The number of amides is 2. The summed E-state index contributed by atoms with van der Waals surface area (Å²) < 4.78 is 1.68. The molecule has 2 amide bonds. The van der Waals surface area contributed by atoms with E-state index in [1.807, 2.05) is 93.7 Å². The molecule has 2 aromatic carbocycles. The van der Waals surface area contributed by atoms with Crippen molar-refractivity contribution in [2.75, 3.05) is 4.90 Å². The maximum absolute atomic E-state index is 14.0. The highest BCUT2D eigenvalue weighted by atomic mass is 32.1. The third kappa shape index (κ3) is 4.17. The highest BCUT2D eigenvalue weighted by Gasteiger charge is 2.49. The molecular weight excluding hydrogens is 456 g/mol. The topological polar surface area (TPSA) is 67.2 Å². The molecule has 6 nitrogen and oxygen atoms in total. The number of thiophene rings is 1. The van der Waals surface area contributed by atoms with Crippen molar-refractivity contribution in [3.8, 4) is 10.6 Å². The van der Waals surface area contributed by atoms with Gasteiger partial charge in [-0.25, -0.2) is 0 Å². The number of nitrogens with one attached hydrogen (secondary N) is 1. The van der Waals surface area contributed by atoms with E-state index < -0.39 is 5.54 Å². The van der Waals surface area contributed by atoms with Gasteiger partial charge in [-0.2, -0.15) is 5.10 Å². The van der Waals surface area contributed by atoms with Crippen LogP contribution >= 0.6 is 11.3 Å². The van der Waals surface area contributed by atoms with Gasteiger partial charge in [0.05, 0.1) is 11.4 Å². The fourth-order valence-corrected chi connectivity index (χ4v) is 5.32. The smallest absolute Gasteiger partial charge is 0.277 e. The Morgan fingerprint density at radius 2 is 1.80 bits per heavy atom. The predicted octanol–water partition coefficient (Wildman–Crippen LogP) is 5.27. The Kier molecular flexibility index (Phi) is 5.81. The highest BCUT2D eigenvalue weighted by Crippen LogP contribution is 2.36. The second kappa shape index (κ2) is 8.82. The van der Waals surface area contributed by atoms with Crippen LogP contribution in [0, 0.1) is 20.8 Å². The molecule has 3 heterocycles. The molecule has 0 spiro atoms. The number of aromatic nitrogens is 2. The molecule has 178 valence electrons. The van der Waals surface area contributed by atoms with Crippen LogP contribution in [0.5, 0.6) is 0 Å². The van der Waals surface area contributed by atoms with Gasteiger partial charge in [0.1, 0.15) is 16.9 Å². The SMILES string of the molecule is Cc1ccc(CNC(=O)[C@]2(C)Cn3nc(-c4cccs4)cc3C(=O)N2c2ccc(C)cc2C)cc1. The fourth-order valence-electron chi connectivity index (χ4n) is 4.64. The van der Waals surface area contributed by atoms with E-state index in [9.17, 15) is 9.59 Å². The van der Waals surface area contributed by atoms with E-state index in [0.717, 1.165) is 32.9 Å². The number of hydrogen-bond acceptors (Lipinski definition) is 4. The summed E-state index contributed by atoms with van der Waals surface area (Å²) in [6, 6.07) is 19.8. The van der Waals surface area contributed by atoms with Crippen LogP contribution in [0.25, 0.3) is 10.6 Å². The summed E-state index contributed by atoms with van der Waals surface area (Å²) in [7, 11) is 0. The Balaban J connectivity index is 1.55. The molecule has 1 N–H and O–H groups in total. The van der Waals surface area contributed by atoms with Crippen LogP contribution in [-0.4, -0.2) is 27.1 Å². The van der Waals surface area contributed by atoms with E-state index in [1.54, 1.807) is 20.9 Å². The first-order chi connectivity index (χ1) is 16.8. The lowest BCUT2D eigenvalue weighted by atomic mass is 9.92. The second-order valence-electron chi connectivity index (χ2n) is 9.42. The molecule has 0 bridgehead atoms. The molecule has 5 rings (SSSR count). The minimum Gasteiger partial charge on any atom is -0.350 e. The van der Waals surface area contributed by atoms with Gasteiger partial charge in [0, 0.05) is 12.2 Å². The third-order valence-electron chi connectivity index (χ3n) is 6.58.